The largest absolute Gasteiger partial charge is 0.342 e. The summed E-state index contributed by atoms with van der Waals surface area (Å²) in [5.41, 5.74) is 2.00. The third-order valence-electron chi connectivity index (χ3n) is 5.98. The number of benzene rings is 1. The van der Waals surface area contributed by atoms with Crippen LogP contribution in [0.25, 0.3) is 11.3 Å². The molecule has 6 nitrogen and oxygen atoms in total. The van der Waals surface area contributed by atoms with E-state index in [9.17, 15) is 4.79 Å². The van der Waals surface area contributed by atoms with E-state index in [1.807, 2.05) is 36.1 Å². The molecule has 1 aromatic heterocycles. The Hall–Kier alpha value is -2.47. The maximum Gasteiger partial charge on any atom is 0.227 e. The summed E-state index contributed by atoms with van der Waals surface area (Å²) in [6.45, 7) is 7.12. The molecule has 4 atom stereocenters. The van der Waals surface area contributed by atoms with Gasteiger partial charge in [0.15, 0.2) is 0 Å². The maximum atomic E-state index is 12.7. The fraction of sp³-hybridized carbons (Fsp3) is 0.476. The van der Waals surface area contributed by atoms with E-state index in [4.69, 9.17) is 0 Å². The van der Waals surface area contributed by atoms with E-state index in [1.54, 1.807) is 11.0 Å². The zero-order valence-electron chi connectivity index (χ0n) is 15.9. The number of hydrogen-bond acceptors (Lipinski definition) is 4. The van der Waals surface area contributed by atoms with Crippen molar-refractivity contribution >= 4 is 5.91 Å². The Morgan fingerprint density at radius 1 is 1.37 bits per heavy atom. The molecule has 3 saturated heterocycles. The first kappa shape index (κ1) is 17.9. The molecule has 5 rings (SSSR count). The lowest BCUT2D eigenvalue weighted by molar-refractivity contribution is -0.142. The summed E-state index contributed by atoms with van der Waals surface area (Å²) in [5.74, 6) is 0.850. The van der Waals surface area contributed by atoms with Crippen LogP contribution in [0.3, 0.4) is 0 Å². The molecule has 0 radical (unpaired) electrons. The van der Waals surface area contributed by atoms with Crippen molar-refractivity contribution in [3.05, 3.63) is 49.2 Å². The molecule has 6 heteroatoms. The zero-order valence-corrected chi connectivity index (χ0v) is 15.9. The van der Waals surface area contributed by atoms with Gasteiger partial charge < -0.3 is 4.90 Å². The Kier molecular flexibility index (Phi) is 5.07. The molecule has 1 unspecified atom stereocenters. The first-order valence-electron chi connectivity index (χ1n) is 9.71. The summed E-state index contributed by atoms with van der Waals surface area (Å²) in [7, 11) is 1.87. The van der Waals surface area contributed by atoms with Crippen molar-refractivity contribution < 1.29 is 4.79 Å². The summed E-state index contributed by atoms with van der Waals surface area (Å²) in [6, 6.07) is 10.6. The Balaban J connectivity index is 1.41. The van der Waals surface area contributed by atoms with Crippen molar-refractivity contribution in [2.24, 2.45) is 11.8 Å². The molecule has 2 bridgehead atoms. The van der Waals surface area contributed by atoms with Crippen LogP contribution in [0.5, 0.6) is 0 Å². The maximum absolute atomic E-state index is 12.7. The van der Waals surface area contributed by atoms with Crippen LogP contribution in [0.1, 0.15) is 12.8 Å². The first-order valence-corrected chi connectivity index (χ1v) is 9.71. The van der Waals surface area contributed by atoms with Crippen molar-refractivity contribution in [3.63, 3.8) is 0 Å². The van der Waals surface area contributed by atoms with Gasteiger partial charge in [0.2, 0.25) is 5.91 Å². The Morgan fingerprint density at radius 3 is 2.89 bits per heavy atom. The molecule has 1 amide bonds. The standard InChI is InChI=1S/C21H27N5O/c1-3-10-24(2)21(27)19-14-25-11-9-17(19)12-18(25)13-26-15-20(22-23-26)16-7-5-4-6-8-16/h3-8,15,17-19H,1,9-14H2,2H3/t17-,18-,19-/m1/s1. The smallest absolute Gasteiger partial charge is 0.227 e. The molecule has 27 heavy (non-hydrogen) atoms. The minimum absolute atomic E-state index is 0.121. The van der Waals surface area contributed by atoms with Crippen LogP contribution in [0.15, 0.2) is 49.2 Å². The zero-order chi connectivity index (χ0) is 18.8. The average molecular weight is 365 g/mol. The van der Waals surface area contributed by atoms with Gasteiger partial charge in [0, 0.05) is 31.7 Å². The van der Waals surface area contributed by atoms with Crippen LogP contribution in [-0.2, 0) is 11.3 Å². The highest BCUT2D eigenvalue weighted by molar-refractivity contribution is 5.79. The lowest BCUT2D eigenvalue weighted by Gasteiger charge is -2.49. The highest BCUT2D eigenvalue weighted by Gasteiger charge is 2.43. The van der Waals surface area contributed by atoms with Crippen LogP contribution in [0, 0.1) is 11.8 Å². The first-order chi connectivity index (χ1) is 13.2. The number of amides is 1. The summed E-state index contributed by atoms with van der Waals surface area (Å²) in [4.78, 5) is 17.0. The fourth-order valence-corrected chi connectivity index (χ4v) is 4.52. The molecule has 0 N–H and O–H groups in total. The second-order valence-electron chi connectivity index (χ2n) is 7.74. The highest BCUT2D eigenvalue weighted by Crippen LogP contribution is 2.37. The molecule has 1 aromatic carbocycles. The number of carbonyl (C=O) groups is 1. The molecule has 2 aromatic rings. The molecule has 3 aliphatic rings. The summed E-state index contributed by atoms with van der Waals surface area (Å²) in [5, 5.41) is 8.66. The van der Waals surface area contributed by atoms with Crippen LogP contribution >= 0.6 is 0 Å². The van der Waals surface area contributed by atoms with Gasteiger partial charge in [-0.25, -0.2) is 0 Å². The van der Waals surface area contributed by atoms with E-state index in [0.29, 0.717) is 18.5 Å². The molecular formula is C21H27N5O. The van der Waals surface area contributed by atoms with Gasteiger partial charge in [0.25, 0.3) is 0 Å². The predicted octanol–water partition coefficient (Wildman–Crippen LogP) is 2.30. The summed E-state index contributed by atoms with van der Waals surface area (Å²) >= 11 is 0. The van der Waals surface area contributed by atoms with Gasteiger partial charge >= 0.3 is 0 Å². The molecule has 4 heterocycles. The molecule has 0 spiro atoms. The third kappa shape index (κ3) is 3.67. The number of rotatable bonds is 6. The van der Waals surface area contributed by atoms with Crippen molar-refractivity contribution in [3.8, 4) is 11.3 Å². The van der Waals surface area contributed by atoms with Crippen molar-refractivity contribution in [2.75, 3.05) is 26.7 Å². The number of piperidine rings is 3. The van der Waals surface area contributed by atoms with Gasteiger partial charge in [0.05, 0.1) is 18.7 Å². The van der Waals surface area contributed by atoms with Gasteiger partial charge in [-0.1, -0.05) is 41.6 Å². The van der Waals surface area contributed by atoms with Crippen LogP contribution in [0.4, 0.5) is 0 Å². The third-order valence-corrected chi connectivity index (χ3v) is 5.98. The molecule has 0 saturated carbocycles. The average Bonchev–Trinajstić information content (AvgIpc) is 3.17. The quantitative estimate of drug-likeness (QED) is 0.737. The van der Waals surface area contributed by atoms with E-state index in [1.165, 1.54) is 0 Å². The van der Waals surface area contributed by atoms with Gasteiger partial charge in [-0.05, 0) is 25.3 Å². The summed E-state index contributed by atoms with van der Waals surface area (Å²) in [6.07, 6.45) is 5.98. The number of carbonyl (C=O) groups excluding carboxylic acids is 1. The van der Waals surface area contributed by atoms with Gasteiger partial charge in [-0.2, -0.15) is 0 Å². The SMILES string of the molecule is C=CCN(C)C(=O)[C@@H]1CN2CC[C@@H]1C[C@@H]2Cn1cc(-c2ccccc2)nn1. The van der Waals surface area contributed by atoms with Gasteiger partial charge in [-0.3, -0.25) is 14.4 Å². The predicted molar refractivity (Wildman–Crippen MR) is 105 cm³/mol. The van der Waals surface area contributed by atoms with Crippen LogP contribution in [-0.4, -0.2) is 63.4 Å². The second kappa shape index (κ2) is 7.64. The van der Waals surface area contributed by atoms with Crippen molar-refractivity contribution in [1.82, 2.24) is 24.8 Å². The molecule has 3 aliphatic heterocycles. The van der Waals surface area contributed by atoms with Gasteiger partial charge in [0.1, 0.15) is 5.69 Å². The Bertz CT molecular complexity index is 802. The lowest BCUT2D eigenvalue weighted by atomic mass is 9.75. The van der Waals surface area contributed by atoms with E-state index in [-0.39, 0.29) is 11.8 Å². The fourth-order valence-electron chi connectivity index (χ4n) is 4.52. The van der Waals surface area contributed by atoms with E-state index in [2.05, 4.69) is 33.9 Å². The molecule has 3 fully saturated rings. The van der Waals surface area contributed by atoms with Crippen LogP contribution < -0.4 is 0 Å². The molecule has 0 aliphatic carbocycles. The molecular weight excluding hydrogens is 338 g/mol. The molecule has 142 valence electrons. The Labute approximate surface area is 160 Å². The van der Waals surface area contributed by atoms with Gasteiger partial charge in [-0.15, -0.1) is 11.7 Å². The number of hydrogen-bond donors (Lipinski definition) is 0. The lowest BCUT2D eigenvalue weighted by Crippen LogP contribution is -2.58. The second-order valence-corrected chi connectivity index (χ2v) is 7.74. The van der Waals surface area contributed by atoms with E-state index >= 15 is 0 Å². The Morgan fingerprint density at radius 2 is 2.19 bits per heavy atom. The summed E-state index contributed by atoms with van der Waals surface area (Å²) < 4.78 is 1.95. The minimum Gasteiger partial charge on any atom is -0.342 e. The number of fused-ring (bicyclic) bond motifs is 3. The van der Waals surface area contributed by atoms with E-state index < -0.39 is 0 Å². The monoisotopic (exact) mass is 365 g/mol. The van der Waals surface area contributed by atoms with Crippen molar-refractivity contribution in [2.45, 2.75) is 25.4 Å². The topological polar surface area (TPSA) is 54.3 Å². The normalized spacial score (nSPS) is 26.7. The van der Waals surface area contributed by atoms with Crippen molar-refractivity contribution in [1.29, 1.82) is 0 Å². The van der Waals surface area contributed by atoms with E-state index in [0.717, 1.165) is 43.7 Å². The highest BCUT2D eigenvalue weighted by atomic mass is 16.2. The van der Waals surface area contributed by atoms with Crippen LogP contribution in [0.2, 0.25) is 0 Å². The number of nitrogens with zero attached hydrogens (tertiary/aromatic N) is 5. The number of likely N-dealkylation sites (N-methyl/N-ethyl adjacent to an activating group) is 1. The number of aromatic nitrogens is 3. The minimum atomic E-state index is 0.121.